The molecule has 0 unspecified atom stereocenters. The molecule has 0 saturated carbocycles. The maximum atomic E-state index is 13.1. The molecule has 1 atom stereocenters. The maximum absolute atomic E-state index is 13.1. The fourth-order valence-electron chi connectivity index (χ4n) is 3.12. The third-order valence-electron chi connectivity index (χ3n) is 4.59. The van der Waals surface area contributed by atoms with Crippen LogP contribution in [0.5, 0.6) is 0 Å². The summed E-state index contributed by atoms with van der Waals surface area (Å²) in [5.41, 5.74) is 6.82. The SMILES string of the molecule is CCOC(=O)/C(=C(\C)Nc1cccc(C(F)(F)F)c1)[C@H](NCCC=O)c1ccc(N)cc1. The van der Waals surface area contributed by atoms with Gasteiger partial charge in [-0.3, -0.25) is 0 Å². The topological polar surface area (TPSA) is 93.5 Å². The van der Waals surface area contributed by atoms with E-state index in [4.69, 9.17) is 10.5 Å². The van der Waals surface area contributed by atoms with Gasteiger partial charge >= 0.3 is 12.1 Å². The summed E-state index contributed by atoms with van der Waals surface area (Å²) in [6, 6.07) is 10.8. The van der Waals surface area contributed by atoms with E-state index in [9.17, 15) is 22.8 Å². The second kappa shape index (κ2) is 11.3. The normalized spacial score (nSPS) is 13.2. The lowest BCUT2D eigenvalue weighted by atomic mass is 9.96. The Morgan fingerprint density at radius 3 is 2.47 bits per heavy atom. The third kappa shape index (κ3) is 6.84. The number of ether oxygens (including phenoxy) is 1. The molecule has 2 aromatic carbocycles. The van der Waals surface area contributed by atoms with Crippen molar-refractivity contribution in [2.75, 3.05) is 24.2 Å². The Bertz CT molecular complexity index is 957. The molecule has 0 aliphatic rings. The Morgan fingerprint density at radius 2 is 1.88 bits per heavy atom. The van der Waals surface area contributed by atoms with Gasteiger partial charge in [-0.2, -0.15) is 13.2 Å². The zero-order valence-electron chi connectivity index (χ0n) is 17.8. The standard InChI is InChI=1S/C23H26F3N3O3/c1-3-32-22(31)20(15(2)29-19-7-4-6-17(14-19)23(24,25)26)21(28-12-5-13-30)16-8-10-18(27)11-9-16/h4,6-11,13-14,21,28-29H,3,5,12,27H2,1-2H3/b20-15+/t21-/m1/s1. The molecule has 2 rings (SSSR count). The van der Waals surface area contributed by atoms with Crippen LogP contribution < -0.4 is 16.4 Å². The van der Waals surface area contributed by atoms with Crippen LogP contribution in [0.3, 0.4) is 0 Å². The van der Waals surface area contributed by atoms with Crippen LogP contribution >= 0.6 is 0 Å². The van der Waals surface area contributed by atoms with Crippen LogP contribution in [-0.4, -0.2) is 25.4 Å². The third-order valence-corrected chi connectivity index (χ3v) is 4.59. The Labute approximate surface area is 184 Å². The van der Waals surface area contributed by atoms with Crippen molar-refractivity contribution in [3.05, 3.63) is 70.9 Å². The number of aldehydes is 1. The molecule has 32 heavy (non-hydrogen) atoms. The van der Waals surface area contributed by atoms with Gasteiger partial charge in [-0.1, -0.05) is 18.2 Å². The number of nitrogens with two attached hydrogens (primary N) is 1. The number of allylic oxidation sites excluding steroid dienone is 1. The minimum atomic E-state index is -4.50. The van der Waals surface area contributed by atoms with Crippen molar-refractivity contribution in [1.82, 2.24) is 5.32 Å². The molecule has 0 bridgehead atoms. The zero-order chi connectivity index (χ0) is 23.7. The number of nitrogens with one attached hydrogen (secondary N) is 2. The van der Waals surface area contributed by atoms with Crippen molar-refractivity contribution in [3.8, 4) is 0 Å². The predicted molar refractivity (Wildman–Crippen MR) is 117 cm³/mol. The van der Waals surface area contributed by atoms with Crippen molar-refractivity contribution < 1.29 is 27.5 Å². The van der Waals surface area contributed by atoms with Gasteiger partial charge in [0.05, 0.1) is 23.8 Å². The summed E-state index contributed by atoms with van der Waals surface area (Å²) < 4.78 is 44.5. The van der Waals surface area contributed by atoms with Crippen molar-refractivity contribution >= 4 is 23.6 Å². The van der Waals surface area contributed by atoms with E-state index in [1.165, 1.54) is 12.1 Å². The molecule has 0 heterocycles. The molecular weight excluding hydrogens is 423 g/mol. The molecule has 2 aromatic rings. The monoisotopic (exact) mass is 449 g/mol. The van der Waals surface area contributed by atoms with E-state index in [0.717, 1.165) is 18.4 Å². The van der Waals surface area contributed by atoms with Gasteiger partial charge in [0.2, 0.25) is 0 Å². The highest BCUT2D eigenvalue weighted by molar-refractivity contribution is 5.91. The van der Waals surface area contributed by atoms with E-state index < -0.39 is 23.8 Å². The van der Waals surface area contributed by atoms with E-state index in [1.807, 2.05) is 0 Å². The summed E-state index contributed by atoms with van der Waals surface area (Å²) >= 11 is 0. The van der Waals surface area contributed by atoms with Gasteiger partial charge in [0, 0.05) is 30.0 Å². The lowest BCUT2D eigenvalue weighted by Gasteiger charge is -2.24. The zero-order valence-corrected chi connectivity index (χ0v) is 17.8. The van der Waals surface area contributed by atoms with Gasteiger partial charge in [-0.05, 0) is 49.7 Å². The molecule has 6 nitrogen and oxygen atoms in total. The number of carbonyl (C=O) groups is 2. The molecule has 0 aliphatic heterocycles. The Kier molecular flexibility index (Phi) is 8.83. The minimum absolute atomic E-state index is 0.113. The van der Waals surface area contributed by atoms with E-state index >= 15 is 0 Å². The molecule has 0 amide bonds. The van der Waals surface area contributed by atoms with Crippen LogP contribution in [0, 0.1) is 0 Å². The summed E-state index contributed by atoms with van der Waals surface area (Å²) in [7, 11) is 0. The maximum Gasteiger partial charge on any atom is 0.416 e. The van der Waals surface area contributed by atoms with Crippen molar-refractivity contribution in [1.29, 1.82) is 0 Å². The summed E-state index contributed by atoms with van der Waals surface area (Å²) in [4.78, 5) is 23.7. The fourth-order valence-corrected chi connectivity index (χ4v) is 3.12. The van der Waals surface area contributed by atoms with Crippen molar-refractivity contribution in [3.63, 3.8) is 0 Å². The van der Waals surface area contributed by atoms with Gasteiger partial charge in [0.25, 0.3) is 0 Å². The molecule has 0 spiro atoms. The van der Waals surface area contributed by atoms with Crippen LogP contribution in [0.15, 0.2) is 59.8 Å². The number of halogens is 3. The van der Waals surface area contributed by atoms with E-state index in [0.29, 0.717) is 16.9 Å². The van der Waals surface area contributed by atoms with Crippen LogP contribution in [0.25, 0.3) is 0 Å². The average molecular weight is 449 g/mol. The second-order valence-electron chi connectivity index (χ2n) is 6.97. The fraction of sp³-hybridized carbons (Fsp3) is 0.304. The van der Waals surface area contributed by atoms with Crippen LogP contribution in [0.1, 0.15) is 37.4 Å². The van der Waals surface area contributed by atoms with Crippen LogP contribution in [0.4, 0.5) is 24.5 Å². The first-order valence-electron chi connectivity index (χ1n) is 10.0. The van der Waals surface area contributed by atoms with Crippen molar-refractivity contribution in [2.24, 2.45) is 0 Å². The number of nitrogen functional groups attached to an aromatic ring is 1. The molecular formula is C23H26F3N3O3. The van der Waals surface area contributed by atoms with Crippen molar-refractivity contribution in [2.45, 2.75) is 32.5 Å². The summed E-state index contributed by atoms with van der Waals surface area (Å²) in [5, 5.41) is 6.04. The Morgan fingerprint density at radius 1 is 1.19 bits per heavy atom. The van der Waals surface area contributed by atoms with E-state index in [1.54, 1.807) is 38.1 Å². The quantitative estimate of drug-likeness (QED) is 0.163. The number of alkyl halides is 3. The van der Waals surface area contributed by atoms with Crippen LogP contribution in [0.2, 0.25) is 0 Å². The van der Waals surface area contributed by atoms with Gasteiger partial charge in [-0.25, -0.2) is 4.79 Å². The molecule has 172 valence electrons. The highest BCUT2D eigenvalue weighted by atomic mass is 19.4. The molecule has 9 heteroatoms. The first kappa shape index (κ1) is 24.9. The summed E-state index contributed by atoms with van der Waals surface area (Å²) in [6.45, 7) is 3.63. The first-order chi connectivity index (χ1) is 15.2. The number of esters is 1. The minimum Gasteiger partial charge on any atom is -0.463 e. The van der Waals surface area contributed by atoms with Gasteiger partial charge in [0.1, 0.15) is 6.29 Å². The van der Waals surface area contributed by atoms with Gasteiger partial charge in [-0.15, -0.1) is 0 Å². The lowest BCUT2D eigenvalue weighted by molar-refractivity contribution is -0.139. The molecule has 4 N–H and O–H groups in total. The molecule has 0 aromatic heterocycles. The van der Waals surface area contributed by atoms with E-state index in [-0.39, 0.29) is 30.8 Å². The molecule has 0 fully saturated rings. The predicted octanol–water partition coefficient (Wildman–Crippen LogP) is 4.46. The Balaban J connectivity index is 2.52. The number of carbonyl (C=O) groups excluding carboxylic acids is 2. The molecule has 0 saturated heterocycles. The number of rotatable bonds is 10. The summed E-state index contributed by atoms with van der Waals surface area (Å²) in [6.07, 6.45) is -3.54. The first-order valence-corrected chi connectivity index (χ1v) is 10.0. The number of hydrogen-bond acceptors (Lipinski definition) is 6. The highest BCUT2D eigenvalue weighted by Gasteiger charge is 2.31. The highest BCUT2D eigenvalue weighted by Crippen LogP contribution is 2.32. The number of hydrogen-bond donors (Lipinski definition) is 3. The Hall–Kier alpha value is -3.33. The molecule has 0 aliphatic carbocycles. The van der Waals surface area contributed by atoms with E-state index in [2.05, 4.69) is 10.6 Å². The molecule has 0 radical (unpaired) electrons. The van der Waals surface area contributed by atoms with Gasteiger partial charge < -0.3 is 25.9 Å². The number of anilines is 2. The largest absolute Gasteiger partial charge is 0.463 e. The van der Waals surface area contributed by atoms with Crippen LogP contribution in [-0.2, 0) is 20.5 Å². The average Bonchev–Trinajstić information content (AvgIpc) is 2.73. The smallest absolute Gasteiger partial charge is 0.416 e. The van der Waals surface area contributed by atoms with Gasteiger partial charge in [0.15, 0.2) is 0 Å². The second-order valence-corrected chi connectivity index (χ2v) is 6.97. The number of benzene rings is 2. The lowest BCUT2D eigenvalue weighted by Crippen LogP contribution is -2.30. The summed E-state index contributed by atoms with van der Waals surface area (Å²) in [5.74, 6) is -0.634.